The normalized spacial score (nSPS) is 17.4. The lowest BCUT2D eigenvalue weighted by atomic mass is 10.0. The number of nitrogens with one attached hydrogen (secondary N) is 2. The van der Waals surface area contributed by atoms with Crippen molar-refractivity contribution in [3.8, 4) is 11.5 Å². The Bertz CT molecular complexity index is 2720. The van der Waals surface area contributed by atoms with E-state index in [0.29, 0.717) is 0 Å². The van der Waals surface area contributed by atoms with Crippen molar-refractivity contribution in [3.63, 3.8) is 0 Å². The maximum absolute atomic E-state index is 16.4. The number of fused-ring (bicyclic) bond motifs is 8. The molecule has 0 spiro atoms. The number of pyridine rings is 2. The number of aromatic hydroxyl groups is 2. The van der Waals surface area contributed by atoms with E-state index in [-0.39, 0.29) is 64.0 Å². The van der Waals surface area contributed by atoms with Crippen molar-refractivity contribution in [3.05, 3.63) is 124 Å². The van der Waals surface area contributed by atoms with Crippen LogP contribution in [0.2, 0.25) is 10.0 Å². The molecule has 4 aliphatic rings. The lowest BCUT2D eigenvalue weighted by molar-refractivity contribution is 0.00376. The highest BCUT2D eigenvalue weighted by Crippen LogP contribution is 2.33. The minimum atomic E-state index is -1.34. The highest BCUT2D eigenvalue weighted by Gasteiger charge is 2.39. The zero-order valence-electron chi connectivity index (χ0n) is 31.9. The first-order valence-electron chi connectivity index (χ1n) is 18.7. The number of hydrogen-bond acceptors (Lipinski definition) is 12. The highest BCUT2D eigenvalue weighted by atomic mass is 35.5. The monoisotopic (exact) mass is 906 g/mol. The summed E-state index contributed by atoms with van der Waals surface area (Å²) in [6, 6.07) is 2.80. The molecule has 2 fully saturated rings. The summed E-state index contributed by atoms with van der Waals surface area (Å²) in [4.78, 5) is 82.2. The van der Waals surface area contributed by atoms with E-state index in [2.05, 4.69) is 10.6 Å². The van der Waals surface area contributed by atoms with Gasteiger partial charge in [-0.15, -0.1) is 0 Å². The lowest BCUT2D eigenvalue weighted by Crippen LogP contribution is -2.57. The molecule has 6 heterocycles. The third-order valence-electron chi connectivity index (χ3n) is 10.7. The second kappa shape index (κ2) is 16.5. The van der Waals surface area contributed by atoms with Crippen molar-refractivity contribution < 1.29 is 56.4 Å². The van der Waals surface area contributed by atoms with Crippen LogP contribution in [0, 0.1) is 23.3 Å². The largest absolute Gasteiger partial charge is 0.502 e. The predicted octanol–water partition coefficient (Wildman–Crippen LogP) is 1.65. The molecule has 1 atom stereocenters. The van der Waals surface area contributed by atoms with Crippen molar-refractivity contribution in [1.29, 1.82) is 0 Å². The van der Waals surface area contributed by atoms with Crippen LogP contribution in [0.15, 0.2) is 40.2 Å². The molecule has 62 heavy (non-hydrogen) atoms. The fourth-order valence-electron chi connectivity index (χ4n) is 7.49. The average molecular weight is 908 g/mol. The van der Waals surface area contributed by atoms with E-state index in [1.165, 1.54) is 9.91 Å². The van der Waals surface area contributed by atoms with Crippen LogP contribution < -0.4 is 31.5 Å². The topological polar surface area (TPSA) is 208 Å². The second-order valence-electron chi connectivity index (χ2n) is 14.4. The van der Waals surface area contributed by atoms with Crippen molar-refractivity contribution in [2.45, 2.75) is 19.2 Å². The summed E-state index contributed by atoms with van der Waals surface area (Å²) in [5.74, 6) is -10.7. The van der Waals surface area contributed by atoms with E-state index in [9.17, 15) is 47.8 Å². The van der Waals surface area contributed by atoms with E-state index >= 15 is 8.78 Å². The number of benzene rings is 2. The van der Waals surface area contributed by atoms with E-state index in [1.54, 1.807) is 5.01 Å². The molecule has 2 aromatic carbocycles. The molecular weight excluding hydrogens is 875 g/mol. The van der Waals surface area contributed by atoms with E-state index in [1.807, 2.05) is 0 Å². The van der Waals surface area contributed by atoms with Gasteiger partial charge in [0, 0.05) is 48.7 Å². The van der Waals surface area contributed by atoms with Crippen molar-refractivity contribution >= 4 is 46.8 Å². The SMILES string of the molecule is O=C(NCc1c(F)c(Cl)cc(C2CN3CN(CCO2)n2cc(C(=O)NCc4c(F)ccc(Cl)c4F)c(=O)c(O)c2C3=O)c1F)c1cn2c(c(O)c1=O)C(=O)N1CCOCCN2C1. The second-order valence-corrected chi connectivity index (χ2v) is 15.2. The van der Waals surface area contributed by atoms with E-state index in [0.717, 1.165) is 44.8 Å². The Morgan fingerprint density at radius 2 is 1.24 bits per heavy atom. The molecule has 2 saturated heterocycles. The summed E-state index contributed by atoms with van der Waals surface area (Å²) >= 11 is 11.9. The molecule has 8 rings (SSSR count). The predicted molar refractivity (Wildman–Crippen MR) is 207 cm³/mol. The Hall–Kier alpha value is -6.36. The van der Waals surface area contributed by atoms with Gasteiger partial charge in [0.1, 0.15) is 53.8 Å². The molecular formula is C38H32Cl2F4N8O10. The Labute approximate surface area is 355 Å². The molecule has 18 nitrogen and oxygen atoms in total. The molecule has 4 amide bonds. The standard InChI is InChI=1S/C38H32Cl2F4N8O10/c39-22-1-2-24(41)18(27(22)43)10-45-35(57)20-13-52-30(34(56)32(20)54)38(60)48-14-25(62-8-5-50(52)16-48)17-9-23(40)28(44)19(26(17)42)11-46-36(58)21-12-51-29(33(55)31(21)53)37(59)47-3-6-61-7-4-49(51)15-47/h1-2,9,12-13,25,55-56H,3-8,10-11,14-16H2,(H,45,57)(H,46,58). The third-order valence-corrected chi connectivity index (χ3v) is 11.3. The van der Waals surface area contributed by atoms with Gasteiger partial charge in [-0.25, -0.2) is 17.6 Å². The molecule has 4 N–H and O–H groups in total. The number of hydrogen-bond donors (Lipinski definition) is 4. The summed E-state index contributed by atoms with van der Waals surface area (Å²) < 4.78 is 74.1. The number of aromatic nitrogens is 2. The molecule has 0 radical (unpaired) electrons. The molecule has 326 valence electrons. The molecule has 24 heteroatoms. The number of carbonyl (C=O) groups is 4. The Kier molecular flexibility index (Phi) is 11.3. The van der Waals surface area contributed by atoms with Crippen LogP contribution in [-0.4, -0.2) is 112 Å². The third kappa shape index (κ3) is 7.31. The van der Waals surface area contributed by atoms with Crippen LogP contribution in [-0.2, 0) is 22.6 Å². The Balaban J connectivity index is 1.02. The minimum absolute atomic E-state index is 0.0663. The quantitative estimate of drug-likeness (QED) is 0.154. The van der Waals surface area contributed by atoms with Gasteiger partial charge in [-0.3, -0.25) is 48.1 Å². The van der Waals surface area contributed by atoms with Crippen LogP contribution in [0.3, 0.4) is 0 Å². The number of nitrogens with zero attached hydrogens (tertiary/aromatic N) is 6. The molecule has 4 bridgehead atoms. The maximum Gasteiger partial charge on any atom is 0.278 e. The van der Waals surface area contributed by atoms with Crippen molar-refractivity contribution in [2.24, 2.45) is 0 Å². The average Bonchev–Trinajstić information content (AvgIpc) is 3.22. The van der Waals surface area contributed by atoms with Gasteiger partial charge in [0.2, 0.25) is 10.9 Å². The van der Waals surface area contributed by atoms with Gasteiger partial charge in [-0.05, 0) is 18.2 Å². The first-order chi connectivity index (χ1) is 29.6. The zero-order chi connectivity index (χ0) is 44.3. The molecule has 0 saturated carbocycles. The van der Waals surface area contributed by atoms with Crippen LogP contribution >= 0.6 is 23.2 Å². The molecule has 0 aliphatic carbocycles. The minimum Gasteiger partial charge on any atom is -0.502 e. The molecule has 1 unspecified atom stereocenters. The van der Waals surface area contributed by atoms with Crippen LogP contribution in [0.25, 0.3) is 0 Å². The smallest absolute Gasteiger partial charge is 0.278 e. The summed E-state index contributed by atoms with van der Waals surface area (Å²) in [6.07, 6.45) is 0.657. The lowest BCUT2D eigenvalue weighted by Gasteiger charge is -2.43. The summed E-state index contributed by atoms with van der Waals surface area (Å²) in [7, 11) is 0. The maximum atomic E-state index is 16.4. The first kappa shape index (κ1) is 42.3. The van der Waals surface area contributed by atoms with E-state index < -0.39 is 133 Å². The van der Waals surface area contributed by atoms with E-state index in [4.69, 9.17) is 32.7 Å². The van der Waals surface area contributed by atoms with Crippen molar-refractivity contribution in [2.75, 3.05) is 69.4 Å². The highest BCUT2D eigenvalue weighted by molar-refractivity contribution is 6.31. The Morgan fingerprint density at radius 3 is 1.87 bits per heavy atom. The number of halogens is 6. The number of rotatable bonds is 7. The number of ether oxygens (including phenoxy) is 2. The van der Waals surface area contributed by atoms with Gasteiger partial charge >= 0.3 is 0 Å². The first-order valence-corrected chi connectivity index (χ1v) is 19.4. The molecule has 4 aromatic rings. The van der Waals surface area contributed by atoms with Gasteiger partial charge in [-0.1, -0.05) is 23.2 Å². The van der Waals surface area contributed by atoms with Gasteiger partial charge < -0.3 is 40.1 Å². The fourth-order valence-corrected chi connectivity index (χ4v) is 7.90. The van der Waals surface area contributed by atoms with Gasteiger partial charge in [0.25, 0.3) is 23.6 Å². The van der Waals surface area contributed by atoms with Gasteiger partial charge in [-0.2, -0.15) is 0 Å². The molecule has 4 aliphatic heterocycles. The molecule has 2 aromatic heterocycles. The van der Waals surface area contributed by atoms with Crippen LogP contribution in [0.4, 0.5) is 17.6 Å². The summed E-state index contributed by atoms with van der Waals surface area (Å²) in [5.41, 5.74) is -6.45. The Morgan fingerprint density at radius 1 is 0.710 bits per heavy atom. The fraction of sp³-hybridized carbons (Fsp3) is 0.316. The number of amides is 4. The summed E-state index contributed by atoms with van der Waals surface area (Å²) in [6.45, 7) is -1.68. The number of carbonyl (C=O) groups excluding carboxylic acids is 4. The summed E-state index contributed by atoms with van der Waals surface area (Å²) in [5, 5.41) is 28.2. The zero-order valence-corrected chi connectivity index (χ0v) is 33.4. The van der Waals surface area contributed by atoms with Gasteiger partial charge in [0.05, 0.1) is 49.5 Å². The van der Waals surface area contributed by atoms with Crippen LogP contribution in [0.5, 0.6) is 11.5 Å². The van der Waals surface area contributed by atoms with Crippen molar-refractivity contribution in [1.82, 2.24) is 29.8 Å². The van der Waals surface area contributed by atoms with Crippen LogP contribution in [0.1, 0.15) is 64.5 Å². The van der Waals surface area contributed by atoms with Gasteiger partial charge in [0.15, 0.2) is 22.9 Å².